The fraction of sp³-hybridized carbons (Fsp3) is 0.857. The summed E-state index contributed by atoms with van der Waals surface area (Å²) in [6.45, 7) is 0. The van der Waals surface area contributed by atoms with Gasteiger partial charge < -0.3 is 0 Å². The van der Waals surface area contributed by atoms with Crippen LogP contribution < -0.4 is 5.32 Å². The van der Waals surface area contributed by atoms with E-state index in [9.17, 15) is 9.50 Å². The van der Waals surface area contributed by atoms with Gasteiger partial charge in [-0.2, -0.15) is 0 Å². The maximum atomic E-state index is 10.2. The zero-order chi connectivity index (χ0) is 8.16. The summed E-state index contributed by atoms with van der Waals surface area (Å²) >= 11 is 0. The van der Waals surface area contributed by atoms with Crippen molar-refractivity contribution in [3.05, 3.63) is 0 Å². The van der Waals surface area contributed by atoms with E-state index in [-0.39, 0.29) is 5.54 Å². The normalized spacial score (nSPS) is 20.0. The first-order valence-corrected chi connectivity index (χ1v) is 3.95. The van der Waals surface area contributed by atoms with Crippen LogP contribution in [0.2, 0.25) is 0 Å². The molecule has 4 heteroatoms. The van der Waals surface area contributed by atoms with E-state index in [1.807, 2.05) is 0 Å². The zero-order valence-electron chi connectivity index (χ0n) is 6.51. The van der Waals surface area contributed by atoms with Crippen LogP contribution in [0, 0.1) is 0 Å². The Kier molecular flexibility index (Phi) is 2.94. The van der Waals surface area contributed by atoms with Crippen molar-refractivity contribution >= 4 is 13.4 Å². The van der Waals surface area contributed by atoms with Gasteiger partial charge in [-0.05, 0) is 0 Å². The number of carbonyl (C=O) groups is 1. The van der Waals surface area contributed by atoms with E-state index in [0.29, 0.717) is 12.9 Å². The summed E-state index contributed by atoms with van der Waals surface area (Å²) in [7, 11) is 0.838. The average molecular weight is 153 g/mol. The number of rotatable bonds is 5. The SMILES string of the molecule is O=BCNC1(CC=O)CCC1. The van der Waals surface area contributed by atoms with Crippen LogP contribution >= 0.6 is 0 Å². The Morgan fingerprint density at radius 1 is 1.55 bits per heavy atom. The van der Waals surface area contributed by atoms with Gasteiger partial charge in [-0.1, -0.05) is 0 Å². The van der Waals surface area contributed by atoms with Crippen molar-refractivity contribution in [2.75, 3.05) is 6.44 Å². The summed E-state index contributed by atoms with van der Waals surface area (Å²) < 4.78 is 10.0. The number of hydrogen-bond donors (Lipinski definition) is 1. The third-order valence-corrected chi connectivity index (χ3v) is 2.35. The van der Waals surface area contributed by atoms with E-state index in [0.717, 1.165) is 26.3 Å². The van der Waals surface area contributed by atoms with Gasteiger partial charge in [0.1, 0.15) is 0 Å². The molecule has 1 rings (SSSR count). The molecular formula is C7H12BNO2. The Labute approximate surface area is 66.8 Å². The van der Waals surface area contributed by atoms with Crippen molar-refractivity contribution in [1.82, 2.24) is 5.32 Å². The van der Waals surface area contributed by atoms with Crippen LogP contribution in [0.25, 0.3) is 0 Å². The van der Waals surface area contributed by atoms with Gasteiger partial charge in [0.15, 0.2) is 0 Å². The van der Waals surface area contributed by atoms with E-state index in [1.54, 1.807) is 0 Å². The topological polar surface area (TPSA) is 46.2 Å². The van der Waals surface area contributed by atoms with Gasteiger partial charge in [0.25, 0.3) is 0 Å². The molecule has 0 aromatic carbocycles. The second-order valence-electron chi connectivity index (χ2n) is 3.05. The molecule has 0 unspecified atom stereocenters. The molecule has 0 heterocycles. The molecule has 1 N–H and O–H groups in total. The van der Waals surface area contributed by atoms with Crippen molar-refractivity contribution in [2.24, 2.45) is 0 Å². The first-order chi connectivity index (χ1) is 5.33. The molecule has 1 aliphatic carbocycles. The number of carbonyl (C=O) groups excluding carboxylic acids is 1. The standard InChI is InChI=1S/C7H12BNO2/c10-5-4-7(2-1-3-7)9-6-8-11/h5,9H,1-4,6H2. The molecule has 1 fully saturated rings. The molecule has 0 spiro atoms. The molecule has 0 aliphatic heterocycles. The van der Waals surface area contributed by atoms with Crippen molar-refractivity contribution in [3.8, 4) is 0 Å². The monoisotopic (exact) mass is 153 g/mol. The van der Waals surface area contributed by atoms with Gasteiger partial charge in [0, 0.05) is 0 Å². The minimum atomic E-state index is -0.0251. The van der Waals surface area contributed by atoms with E-state index in [2.05, 4.69) is 5.32 Å². The Morgan fingerprint density at radius 3 is 2.64 bits per heavy atom. The first-order valence-electron chi connectivity index (χ1n) is 3.95. The van der Waals surface area contributed by atoms with Crippen LogP contribution in [0.15, 0.2) is 0 Å². The molecule has 0 radical (unpaired) electrons. The summed E-state index contributed by atoms with van der Waals surface area (Å²) in [5.41, 5.74) is -0.0251. The molecule has 0 atom stereocenters. The quantitative estimate of drug-likeness (QED) is 0.449. The predicted molar refractivity (Wildman–Crippen MR) is 41.7 cm³/mol. The minimum absolute atomic E-state index is 0.0251. The van der Waals surface area contributed by atoms with Gasteiger partial charge in [-0.15, -0.1) is 0 Å². The van der Waals surface area contributed by atoms with Crippen molar-refractivity contribution in [2.45, 2.75) is 31.2 Å². The number of nitrogens with one attached hydrogen (secondary N) is 1. The van der Waals surface area contributed by atoms with E-state index >= 15 is 0 Å². The Balaban J connectivity index is 2.32. The molecule has 0 bridgehead atoms. The summed E-state index contributed by atoms with van der Waals surface area (Å²) in [4.78, 5) is 10.2. The van der Waals surface area contributed by atoms with Crippen LogP contribution in [-0.2, 0) is 9.50 Å². The summed E-state index contributed by atoms with van der Waals surface area (Å²) in [5, 5.41) is 3.08. The van der Waals surface area contributed by atoms with Gasteiger partial charge in [-0.25, -0.2) is 0 Å². The third-order valence-electron chi connectivity index (χ3n) is 2.35. The molecule has 0 amide bonds. The van der Waals surface area contributed by atoms with E-state index in [4.69, 9.17) is 0 Å². The molecule has 60 valence electrons. The van der Waals surface area contributed by atoms with Crippen LogP contribution in [0.5, 0.6) is 0 Å². The van der Waals surface area contributed by atoms with Gasteiger partial charge in [-0.3, -0.25) is 0 Å². The molecule has 1 aliphatic rings. The molecule has 11 heavy (non-hydrogen) atoms. The predicted octanol–water partition coefficient (Wildman–Crippen LogP) is 0.0949. The fourth-order valence-corrected chi connectivity index (χ4v) is 1.47. The second-order valence-corrected chi connectivity index (χ2v) is 3.05. The Bertz CT molecular complexity index is 157. The zero-order valence-corrected chi connectivity index (χ0v) is 6.51. The van der Waals surface area contributed by atoms with Crippen molar-refractivity contribution < 1.29 is 9.50 Å². The van der Waals surface area contributed by atoms with Gasteiger partial charge in [0.05, 0.1) is 0 Å². The molecule has 0 saturated heterocycles. The van der Waals surface area contributed by atoms with Gasteiger partial charge >= 0.3 is 65.9 Å². The Morgan fingerprint density at radius 2 is 2.27 bits per heavy atom. The van der Waals surface area contributed by atoms with Crippen molar-refractivity contribution in [3.63, 3.8) is 0 Å². The van der Waals surface area contributed by atoms with E-state index < -0.39 is 0 Å². The van der Waals surface area contributed by atoms with Crippen LogP contribution in [0.1, 0.15) is 25.7 Å². The molecule has 3 nitrogen and oxygen atoms in total. The van der Waals surface area contributed by atoms with E-state index in [1.165, 1.54) is 6.42 Å². The summed E-state index contributed by atoms with van der Waals surface area (Å²) in [5.74, 6) is 0. The summed E-state index contributed by atoms with van der Waals surface area (Å²) in [6, 6.07) is 0. The second kappa shape index (κ2) is 3.76. The fourth-order valence-electron chi connectivity index (χ4n) is 1.47. The van der Waals surface area contributed by atoms with Crippen LogP contribution in [0.4, 0.5) is 0 Å². The summed E-state index contributed by atoms with van der Waals surface area (Å²) in [6.07, 6.45) is 5.06. The van der Waals surface area contributed by atoms with Crippen LogP contribution in [-0.4, -0.2) is 25.4 Å². The molecule has 1 saturated carbocycles. The maximum absolute atomic E-state index is 10.2. The Hall–Kier alpha value is -0.505. The third kappa shape index (κ3) is 1.96. The number of aldehydes is 1. The molecule has 0 aromatic rings. The molecular weight excluding hydrogens is 141 g/mol. The van der Waals surface area contributed by atoms with Crippen molar-refractivity contribution in [1.29, 1.82) is 0 Å². The van der Waals surface area contributed by atoms with Gasteiger partial charge in [0.2, 0.25) is 0 Å². The molecule has 0 aromatic heterocycles. The first kappa shape index (κ1) is 8.59. The average Bonchev–Trinajstić information content (AvgIpc) is 1.95. The van der Waals surface area contributed by atoms with Crippen LogP contribution in [0.3, 0.4) is 0 Å². The number of hydrogen-bond acceptors (Lipinski definition) is 3.